The Morgan fingerprint density at radius 1 is 1.10 bits per heavy atom. The maximum absolute atomic E-state index is 13.7. The van der Waals surface area contributed by atoms with Gasteiger partial charge in [-0.15, -0.1) is 0 Å². The first-order valence-electron chi connectivity index (χ1n) is 14.2. The van der Waals surface area contributed by atoms with Gasteiger partial charge < -0.3 is 24.4 Å². The van der Waals surface area contributed by atoms with E-state index in [1.165, 1.54) is 16.4 Å². The number of aliphatic hydroxyl groups is 2. The molecule has 2 heterocycles. The minimum Gasteiger partial charge on any atom is -0.459 e. The van der Waals surface area contributed by atoms with Gasteiger partial charge in [0.05, 0.1) is 43.2 Å². The van der Waals surface area contributed by atoms with E-state index in [2.05, 4.69) is 0 Å². The van der Waals surface area contributed by atoms with Gasteiger partial charge in [-0.05, 0) is 42.0 Å². The van der Waals surface area contributed by atoms with Crippen LogP contribution < -0.4 is 0 Å². The van der Waals surface area contributed by atoms with Crippen molar-refractivity contribution >= 4 is 22.1 Å². The monoisotopic (exact) mass is 587 g/mol. The number of sulfonamides is 1. The first-order chi connectivity index (χ1) is 19.7. The van der Waals surface area contributed by atoms with E-state index in [1.54, 1.807) is 24.3 Å². The first kappa shape index (κ1) is 31.3. The third-order valence-corrected chi connectivity index (χ3v) is 9.32. The predicted molar refractivity (Wildman–Crippen MR) is 154 cm³/mol. The topological polar surface area (TPSA) is 123 Å². The average molecular weight is 588 g/mol. The van der Waals surface area contributed by atoms with Crippen molar-refractivity contribution in [1.29, 1.82) is 0 Å². The first-order valence-corrected chi connectivity index (χ1v) is 15.6. The van der Waals surface area contributed by atoms with Crippen LogP contribution >= 0.6 is 0 Å². The summed E-state index contributed by atoms with van der Waals surface area (Å²) in [5.74, 6) is -1.01. The van der Waals surface area contributed by atoms with Crippen LogP contribution in [0.1, 0.15) is 37.8 Å². The van der Waals surface area contributed by atoms with Crippen molar-refractivity contribution in [3.8, 4) is 0 Å². The van der Waals surface area contributed by atoms with Gasteiger partial charge in [0.15, 0.2) is 6.29 Å². The van der Waals surface area contributed by atoms with E-state index in [0.717, 1.165) is 17.5 Å². The van der Waals surface area contributed by atoms with Gasteiger partial charge in [0.25, 0.3) is 0 Å². The normalized spacial score (nSPS) is 22.3. The zero-order valence-electron chi connectivity index (χ0n) is 23.7. The number of benzene rings is 2. The number of fused-ring (bicyclic) bond motifs is 1. The molecule has 9 nitrogen and oxygen atoms in total. The van der Waals surface area contributed by atoms with Gasteiger partial charge in [0.2, 0.25) is 10.0 Å². The second-order valence-electron chi connectivity index (χ2n) is 11.1. The van der Waals surface area contributed by atoms with Gasteiger partial charge in [0.1, 0.15) is 6.10 Å². The van der Waals surface area contributed by atoms with Crippen molar-refractivity contribution in [2.24, 2.45) is 17.8 Å². The lowest BCUT2D eigenvalue weighted by molar-refractivity contribution is -0.153. The van der Waals surface area contributed by atoms with Crippen molar-refractivity contribution in [2.75, 3.05) is 32.9 Å². The molecule has 2 N–H and O–H groups in total. The molecule has 2 aliphatic heterocycles. The summed E-state index contributed by atoms with van der Waals surface area (Å²) in [6, 6.07) is 15.9. The Morgan fingerprint density at radius 3 is 2.51 bits per heavy atom. The number of hydrogen-bond acceptors (Lipinski definition) is 8. The molecule has 2 saturated heterocycles. The quantitative estimate of drug-likeness (QED) is 0.323. The molecule has 4 rings (SSSR count). The van der Waals surface area contributed by atoms with Crippen LogP contribution in [0.3, 0.4) is 0 Å². The second-order valence-corrected chi connectivity index (χ2v) is 13.1. The number of carbonyl (C=O) groups excluding carboxylic acids is 1. The van der Waals surface area contributed by atoms with Crippen molar-refractivity contribution in [3.63, 3.8) is 0 Å². The molecule has 5 atom stereocenters. The molecular formula is C31H41NO8S. The smallest absolute Gasteiger partial charge is 0.306 e. The molecule has 0 amide bonds. The van der Waals surface area contributed by atoms with E-state index in [1.807, 2.05) is 44.2 Å². The highest BCUT2D eigenvalue weighted by atomic mass is 32.2. The summed E-state index contributed by atoms with van der Waals surface area (Å²) >= 11 is 0. The van der Waals surface area contributed by atoms with Crippen LogP contribution in [0.25, 0.3) is 6.08 Å². The molecule has 2 aromatic rings. The van der Waals surface area contributed by atoms with Crippen molar-refractivity contribution in [3.05, 3.63) is 71.8 Å². The number of nitrogens with zero attached hydrogens (tertiary/aromatic N) is 1. The molecule has 0 radical (unpaired) electrons. The SMILES string of the molecule is CC(C)CN(C[C@@H](O)[C@@H](CC(=O)OC1CO[C@H]2OCCC12)Cc1ccccc1)S(=O)(=O)c1ccc(/C=C/CO)cc1. The van der Waals surface area contributed by atoms with Crippen molar-refractivity contribution in [1.82, 2.24) is 4.31 Å². The lowest BCUT2D eigenvalue weighted by atomic mass is 9.90. The fourth-order valence-electron chi connectivity index (χ4n) is 5.36. The number of rotatable bonds is 14. The van der Waals surface area contributed by atoms with E-state index < -0.39 is 34.1 Å². The summed E-state index contributed by atoms with van der Waals surface area (Å²) in [4.78, 5) is 13.2. The minimum atomic E-state index is -3.94. The summed E-state index contributed by atoms with van der Waals surface area (Å²) in [5, 5.41) is 20.5. The molecule has 2 aromatic carbocycles. The molecule has 0 aliphatic carbocycles. The van der Waals surface area contributed by atoms with E-state index in [0.29, 0.717) is 13.0 Å². The number of esters is 1. The lowest BCUT2D eigenvalue weighted by Gasteiger charge is -2.30. The molecule has 41 heavy (non-hydrogen) atoms. The Kier molecular flexibility index (Phi) is 11.1. The van der Waals surface area contributed by atoms with Gasteiger partial charge in [-0.2, -0.15) is 4.31 Å². The van der Waals surface area contributed by atoms with Gasteiger partial charge in [-0.3, -0.25) is 4.79 Å². The number of hydrogen-bond donors (Lipinski definition) is 2. The van der Waals surface area contributed by atoms with Gasteiger partial charge >= 0.3 is 5.97 Å². The Hall–Kier alpha value is -2.60. The fraction of sp³-hybridized carbons (Fsp3) is 0.516. The summed E-state index contributed by atoms with van der Waals surface area (Å²) < 4.78 is 45.6. The predicted octanol–water partition coefficient (Wildman–Crippen LogP) is 3.25. The number of aliphatic hydroxyl groups excluding tert-OH is 2. The van der Waals surface area contributed by atoms with Crippen molar-refractivity contribution in [2.45, 2.75) is 56.5 Å². The third kappa shape index (κ3) is 8.47. The Morgan fingerprint density at radius 2 is 1.83 bits per heavy atom. The van der Waals surface area contributed by atoms with Crippen LogP contribution in [0.2, 0.25) is 0 Å². The van der Waals surface area contributed by atoms with Crippen LogP contribution in [0.4, 0.5) is 0 Å². The van der Waals surface area contributed by atoms with Crippen LogP contribution in [0.5, 0.6) is 0 Å². The molecule has 0 saturated carbocycles. The molecule has 0 bridgehead atoms. The Bertz CT molecular complexity index is 1250. The van der Waals surface area contributed by atoms with E-state index in [4.69, 9.17) is 19.3 Å². The maximum atomic E-state index is 13.7. The zero-order valence-corrected chi connectivity index (χ0v) is 24.5. The zero-order chi connectivity index (χ0) is 29.4. The average Bonchev–Trinajstić information content (AvgIpc) is 3.57. The Labute approximate surface area is 242 Å². The fourth-order valence-corrected chi connectivity index (χ4v) is 6.99. The molecule has 224 valence electrons. The molecule has 2 aliphatic rings. The van der Waals surface area contributed by atoms with Crippen LogP contribution in [-0.2, 0) is 35.4 Å². The molecule has 2 fully saturated rings. The Balaban J connectivity index is 1.51. The standard InChI is InChI=1S/C31H41NO8S/c1-22(2)19-32(41(36,37)26-12-10-23(11-13-26)9-6-15-33)20-28(34)25(17-24-7-4-3-5-8-24)18-30(35)40-29-21-39-31-27(29)14-16-38-31/h3-13,22,25,27-29,31,33-34H,14-21H2,1-2H3/b9-6+/t25-,27?,28-,29?,31-/m1/s1. The highest BCUT2D eigenvalue weighted by molar-refractivity contribution is 7.89. The highest BCUT2D eigenvalue weighted by Gasteiger charge is 2.44. The molecule has 2 unspecified atom stereocenters. The molecule has 0 aromatic heterocycles. The second kappa shape index (κ2) is 14.5. The van der Waals surface area contributed by atoms with Gasteiger partial charge in [-0.25, -0.2) is 8.42 Å². The largest absolute Gasteiger partial charge is 0.459 e. The number of ether oxygens (including phenoxy) is 3. The van der Waals surface area contributed by atoms with Crippen LogP contribution in [0, 0.1) is 17.8 Å². The summed E-state index contributed by atoms with van der Waals surface area (Å²) in [6.45, 7) is 4.62. The third-order valence-electron chi connectivity index (χ3n) is 7.47. The van der Waals surface area contributed by atoms with E-state index >= 15 is 0 Å². The highest BCUT2D eigenvalue weighted by Crippen LogP contribution is 2.33. The minimum absolute atomic E-state index is 0.00483. The maximum Gasteiger partial charge on any atom is 0.306 e. The summed E-state index contributed by atoms with van der Waals surface area (Å²) in [7, 11) is -3.94. The van der Waals surface area contributed by atoms with Crippen molar-refractivity contribution < 1.29 is 37.6 Å². The lowest BCUT2D eigenvalue weighted by Crippen LogP contribution is -2.43. The molecular weight excluding hydrogens is 546 g/mol. The molecule has 0 spiro atoms. The van der Waals surface area contributed by atoms with Gasteiger partial charge in [-0.1, -0.05) is 68.5 Å². The van der Waals surface area contributed by atoms with Gasteiger partial charge in [0, 0.05) is 19.0 Å². The number of carbonyl (C=O) groups is 1. The summed E-state index contributed by atoms with van der Waals surface area (Å²) in [6.07, 6.45) is 2.51. The van der Waals surface area contributed by atoms with Crippen LogP contribution in [0.15, 0.2) is 65.6 Å². The summed E-state index contributed by atoms with van der Waals surface area (Å²) in [5.41, 5.74) is 1.70. The van der Waals surface area contributed by atoms with E-state index in [9.17, 15) is 18.3 Å². The van der Waals surface area contributed by atoms with E-state index in [-0.39, 0.29) is 55.7 Å². The molecule has 10 heteroatoms. The van der Waals surface area contributed by atoms with Crippen LogP contribution in [-0.4, -0.2) is 80.3 Å².